The van der Waals surface area contributed by atoms with Gasteiger partial charge in [0.2, 0.25) is 0 Å². The van der Waals surface area contributed by atoms with Crippen molar-refractivity contribution >= 4 is 30.4 Å². The van der Waals surface area contributed by atoms with Crippen molar-refractivity contribution in [2.75, 3.05) is 6.61 Å². The molecule has 0 amide bonds. The van der Waals surface area contributed by atoms with Gasteiger partial charge in [-0.25, -0.2) is 4.79 Å². The average molecular weight is 472 g/mol. The zero-order chi connectivity index (χ0) is 16.7. The van der Waals surface area contributed by atoms with E-state index in [1.54, 1.807) is 22.6 Å². The van der Waals surface area contributed by atoms with E-state index in [9.17, 15) is 29.3 Å². The number of ether oxygens (including phenoxy) is 1. The second kappa shape index (κ2) is 8.19. The number of aliphatic hydroxyl groups is 2. The zero-order valence-corrected chi connectivity index (χ0v) is 16.7. The van der Waals surface area contributed by atoms with Gasteiger partial charge in [0, 0.05) is 6.20 Å². The quantitative estimate of drug-likeness (QED) is 0.189. The van der Waals surface area contributed by atoms with E-state index >= 15 is 0 Å². The molecule has 1 aromatic rings. The zero-order valence-electron chi connectivity index (χ0n) is 11.7. The number of halogens is 1. The monoisotopic (exact) mass is 472 g/mol. The van der Waals surface area contributed by atoms with Crippen LogP contribution in [0.25, 0.3) is 0 Å². The van der Waals surface area contributed by atoms with Gasteiger partial charge in [0.15, 0.2) is 6.23 Å². The second-order valence-corrected chi connectivity index (χ2v) is 6.81. The van der Waals surface area contributed by atoms with Crippen LogP contribution in [0.15, 0.2) is 15.8 Å². The van der Waals surface area contributed by atoms with Gasteiger partial charge in [0.1, 0.15) is 18.3 Å². The molecular weight excluding hydrogens is 461 g/mol. The number of aromatic amines is 1. The van der Waals surface area contributed by atoms with Crippen molar-refractivity contribution in [3.05, 3.63) is 30.6 Å². The van der Waals surface area contributed by atoms with Crippen LogP contribution in [0, 0.1) is 3.57 Å². The summed E-state index contributed by atoms with van der Waals surface area (Å²) in [5.41, 5.74) is -1.50. The van der Waals surface area contributed by atoms with E-state index in [-0.39, 0.29) is 33.1 Å². The van der Waals surface area contributed by atoms with Gasteiger partial charge in [-0.15, -0.1) is 0 Å². The number of phosphoric ester groups is 1. The summed E-state index contributed by atoms with van der Waals surface area (Å²) in [7, 11) is -5.02. The molecule has 5 atom stereocenters. The number of aliphatic hydroxyl groups excluding tert-OH is 2. The Morgan fingerprint density at radius 3 is 2.61 bits per heavy atom. The summed E-state index contributed by atoms with van der Waals surface area (Å²) in [6.07, 6.45) is -4.67. The van der Waals surface area contributed by atoms with Crippen molar-refractivity contribution < 1.29 is 63.4 Å². The van der Waals surface area contributed by atoms with Crippen LogP contribution in [0.5, 0.6) is 0 Å². The summed E-state index contributed by atoms with van der Waals surface area (Å²) in [5, 5.41) is 19.7. The van der Waals surface area contributed by atoms with Crippen molar-refractivity contribution in [2.45, 2.75) is 24.5 Å². The summed E-state index contributed by atoms with van der Waals surface area (Å²) < 4.78 is 20.8. The predicted octanol–water partition coefficient (Wildman–Crippen LogP) is -5.76. The number of hydrogen-bond donors (Lipinski definition) is 4. The van der Waals surface area contributed by atoms with E-state index in [2.05, 4.69) is 4.52 Å². The molecule has 0 aromatic carbocycles. The summed E-state index contributed by atoms with van der Waals surface area (Å²) in [6, 6.07) is 0. The van der Waals surface area contributed by atoms with Gasteiger partial charge >= 0.3 is 35.2 Å². The molecule has 0 spiro atoms. The molecule has 1 fully saturated rings. The Hall–Kier alpha value is 0.400. The molecule has 2 rings (SSSR count). The Morgan fingerprint density at radius 1 is 1.43 bits per heavy atom. The van der Waals surface area contributed by atoms with Crippen LogP contribution < -0.4 is 45.7 Å². The summed E-state index contributed by atoms with van der Waals surface area (Å²) in [6.45, 7) is -0.749. The largest absolute Gasteiger partial charge is 1.00 e. The average Bonchev–Trinajstić information content (AvgIpc) is 2.68. The van der Waals surface area contributed by atoms with Crippen molar-refractivity contribution in [2.24, 2.45) is 0 Å². The van der Waals surface area contributed by atoms with Crippen molar-refractivity contribution in [3.8, 4) is 0 Å². The fourth-order valence-electron chi connectivity index (χ4n) is 1.91. The molecule has 0 saturated carbocycles. The number of phosphoric acid groups is 1. The third-order valence-electron chi connectivity index (χ3n) is 2.94. The molecular formula is C9H11IN2NaO9P. The molecule has 0 radical (unpaired) electrons. The van der Waals surface area contributed by atoms with Crippen LogP contribution in [0.2, 0.25) is 0 Å². The maximum Gasteiger partial charge on any atom is 1.00 e. The van der Waals surface area contributed by atoms with Crippen molar-refractivity contribution in [1.29, 1.82) is 0 Å². The van der Waals surface area contributed by atoms with E-state index in [1.165, 1.54) is 0 Å². The number of nitrogens with one attached hydrogen (secondary N) is 1. The first-order valence-corrected chi connectivity index (χ1v) is 8.38. The number of hydrogen-bond acceptors (Lipinski definition) is 8. The minimum Gasteiger partial charge on any atom is -0.756 e. The Morgan fingerprint density at radius 2 is 2.04 bits per heavy atom. The number of nitrogens with zero attached hydrogens (tertiary/aromatic N) is 1. The van der Waals surface area contributed by atoms with Crippen LogP contribution in [0.3, 0.4) is 0 Å². The number of aromatic nitrogens is 2. The molecule has 124 valence electrons. The first-order chi connectivity index (χ1) is 10.1. The molecule has 1 unspecified atom stereocenters. The Bertz CT molecular complexity index is 718. The van der Waals surface area contributed by atoms with Gasteiger partial charge < -0.3 is 29.3 Å². The third kappa shape index (κ3) is 5.19. The standard InChI is InChI=1S/C9H12IN2O9P.Na/c10-3-1-12(9(16)11-7(3)15)8-6(14)5(13)4(21-8)2-20-22(17,18)19;/h1,4-6,8,13-14H,2H2,(H,11,15,16)(H2,17,18,19);/q;+1/p-1/t4-,5-,6-,8-;/m1./s1. The Balaban J connectivity index is 0.00000264. The normalized spacial score (nSPS) is 29.8. The number of H-pyrrole nitrogens is 1. The molecule has 1 aromatic heterocycles. The molecule has 2 heterocycles. The van der Waals surface area contributed by atoms with E-state index < -0.39 is 50.2 Å². The predicted molar refractivity (Wildman–Crippen MR) is 75.7 cm³/mol. The van der Waals surface area contributed by atoms with Gasteiger partial charge in [-0.1, -0.05) is 0 Å². The number of rotatable bonds is 4. The SMILES string of the molecule is O=c1[nH]c(=O)n([C@@H]2O[C@H](COP(=O)([O-])O)[C@@H](O)[C@H]2O)cc1I.[Na+]. The van der Waals surface area contributed by atoms with Gasteiger partial charge in [-0.2, -0.15) is 0 Å². The molecule has 1 saturated heterocycles. The molecule has 14 heteroatoms. The summed E-state index contributed by atoms with van der Waals surface area (Å²) >= 11 is 1.66. The minimum atomic E-state index is -5.02. The van der Waals surface area contributed by atoms with Gasteiger partial charge in [0.05, 0.1) is 10.2 Å². The molecule has 0 bridgehead atoms. The van der Waals surface area contributed by atoms with Crippen LogP contribution in [-0.4, -0.2) is 49.6 Å². The minimum absolute atomic E-state index is 0. The second-order valence-electron chi connectivity index (χ2n) is 4.45. The first-order valence-electron chi connectivity index (χ1n) is 5.81. The van der Waals surface area contributed by atoms with E-state index in [0.29, 0.717) is 0 Å². The Kier molecular flexibility index (Phi) is 7.63. The molecule has 1 aliphatic rings. The van der Waals surface area contributed by atoms with Crippen LogP contribution in [0.4, 0.5) is 0 Å². The fraction of sp³-hybridized carbons (Fsp3) is 0.556. The fourth-order valence-corrected chi connectivity index (χ4v) is 2.68. The smallest absolute Gasteiger partial charge is 0.756 e. The maximum absolute atomic E-state index is 11.7. The van der Waals surface area contributed by atoms with Crippen molar-refractivity contribution in [3.63, 3.8) is 0 Å². The van der Waals surface area contributed by atoms with Gasteiger partial charge in [-0.05, 0) is 22.6 Å². The van der Waals surface area contributed by atoms with Crippen LogP contribution in [-0.2, 0) is 13.8 Å². The topological polar surface area (TPSA) is 174 Å². The molecule has 1 aliphatic heterocycles. The van der Waals surface area contributed by atoms with Gasteiger partial charge in [-0.3, -0.25) is 18.9 Å². The molecule has 11 nitrogen and oxygen atoms in total. The van der Waals surface area contributed by atoms with E-state index in [1.807, 2.05) is 4.98 Å². The summed E-state index contributed by atoms with van der Waals surface area (Å²) in [5.74, 6) is 0. The van der Waals surface area contributed by atoms with Crippen molar-refractivity contribution in [1.82, 2.24) is 9.55 Å². The van der Waals surface area contributed by atoms with Crippen LogP contribution >= 0.6 is 30.4 Å². The molecule has 4 N–H and O–H groups in total. The maximum atomic E-state index is 11.7. The Labute approximate surface area is 164 Å². The van der Waals surface area contributed by atoms with Gasteiger partial charge in [0.25, 0.3) is 13.4 Å². The first kappa shape index (κ1) is 21.4. The van der Waals surface area contributed by atoms with E-state index in [0.717, 1.165) is 10.8 Å². The van der Waals surface area contributed by atoms with Crippen LogP contribution in [0.1, 0.15) is 6.23 Å². The third-order valence-corrected chi connectivity index (χ3v) is 4.18. The molecule has 0 aliphatic carbocycles. The van der Waals surface area contributed by atoms with E-state index in [4.69, 9.17) is 9.63 Å². The molecule has 23 heavy (non-hydrogen) atoms. The summed E-state index contributed by atoms with van der Waals surface area (Å²) in [4.78, 5) is 44.0.